The lowest BCUT2D eigenvalue weighted by Gasteiger charge is -2.24. The number of nitrogens with zero attached hydrogens (tertiary/aromatic N) is 3. The van der Waals surface area contributed by atoms with E-state index in [4.69, 9.17) is 5.73 Å². The third-order valence-corrected chi connectivity index (χ3v) is 3.98. The minimum atomic E-state index is -0.0319. The van der Waals surface area contributed by atoms with Gasteiger partial charge >= 0.3 is 0 Å². The van der Waals surface area contributed by atoms with E-state index < -0.39 is 0 Å². The molecule has 6 nitrogen and oxygen atoms in total. The number of carbonyl (C=O) groups excluding carboxylic acids is 1. The lowest BCUT2D eigenvalue weighted by molar-refractivity contribution is -0.121. The molecule has 0 saturated carbocycles. The molecule has 0 fully saturated rings. The van der Waals surface area contributed by atoms with E-state index in [1.54, 1.807) is 7.05 Å². The molecule has 132 valence electrons. The average molecular weight is 352 g/mol. The summed E-state index contributed by atoms with van der Waals surface area (Å²) in [5.41, 5.74) is 11.5. The fourth-order valence-electron chi connectivity index (χ4n) is 2.63. The van der Waals surface area contributed by atoms with E-state index in [2.05, 4.69) is 22.4 Å². The number of nitrogens with one attached hydrogen (secondary N) is 1. The number of anilines is 1. The van der Waals surface area contributed by atoms with Crippen molar-refractivity contribution < 1.29 is 4.79 Å². The third-order valence-electron chi connectivity index (χ3n) is 3.98. The van der Waals surface area contributed by atoms with E-state index in [0.29, 0.717) is 12.4 Å². The Hall–Kier alpha value is -2.08. The van der Waals surface area contributed by atoms with E-state index in [9.17, 15) is 4.79 Å². The molecule has 0 bridgehead atoms. The van der Waals surface area contributed by atoms with Crippen LogP contribution in [0.2, 0.25) is 0 Å². The van der Waals surface area contributed by atoms with Crippen LogP contribution in [-0.4, -0.2) is 31.2 Å². The first kappa shape index (κ1) is 20.0. The van der Waals surface area contributed by atoms with Gasteiger partial charge < -0.3 is 10.6 Å². The number of guanidine groups is 1. The maximum absolute atomic E-state index is 11.4. The van der Waals surface area contributed by atoms with Gasteiger partial charge in [-0.05, 0) is 24.1 Å². The molecule has 3 N–H and O–H groups in total. The molecule has 7 heteroatoms. The van der Waals surface area contributed by atoms with Crippen molar-refractivity contribution in [1.29, 1.82) is 0 Å². The normalized spacial score (nSPS) is 17.6. The van der Waals surface area contributed by atoms with Gasteiger partial charge in [-0.15, -0.1) is 12.4 Å². The van der Waals surface area contributed by atoms with Gasteiger partial charge in [-0.1, -0.05) is 32.4 Å². The highest BCUT2D eigenvalue weighted by Gasteiger charge is 2.21. The summed E-state index contributed by atoms with van der Waals surface area (Å²) in [7, 11) is 1.70. The van der Waals surface area contributed by atoms with E-state index in [1.807, 2.05) is 36.1 Å². The molecule has 24 heavy (non-hydrogen) atoms. The van der Waals surface area contributed by atoms with Gasteiger partial charge in [-0.25, -0.2) is 5.43 Å². The first-order chi connectivity index (χ1) is 11.1. The third kappa shape index (κ3) is 4.71. The van der Waals surface area contributed by atoms with E-state index in [0.717, 1.165) is 36.3 Å². The highest BCUT2D eigenvalue weighted by Crippen LogP contribution is 2.21. The van der Waals surface area contributed by atoms with E-state index in [1.165, 1.54) is 0 Å². The SMILES string of the molecule is CCCCN(C(N)=NC)c1ccc(C2=NNC(=O)CC2C)cc1.Cl. The highest BCUT2D eigenvalue weighted by molar-refractivity contribution is 6.06. The summed E-state index contributed by atoms with van der Waals surface area (Å²) in [6, 6.07) is 8.08. The summed E-state index contributed by atoms with van der Waals surface area (Å²) in [5.74, 6) is 0.602. The summed E-state index contributed by atoms with van der Waals surface area (Å²) in [4.78, 5) is 17.5. The molecular weight excluding hydrogens is 326 g/mol. The van der Waals surface area contributed by atoms with Crippen LogP contribution >= 0.6 is 12.4 Å². The monoisotopic (exact) mass is 351 g/mol. The molecule has 2 rings (SSSR count). The van der Waals surface area contributed by atoms with Gasteiger partial charge in [0.2, 0.25) is 5.91 Å². The minimum Gasteiger partial charge on any atom is -0.370 e. The fourth-order valence-corrected chi connectivity index (χ4v) is 2.63. The van der Waals surface area contributed by atoms with Crippen LogP contribution in [0, 0.1) is 5.92 Å². The second-order valence-corrected chi connectivity index (χ2v) is 5.77. The first-order valence-corrected chi connectivity index (χ1v) is 8.03. The summed E-state index contributed by atoms with van der Waals surface area (Å²) in [6.07, 6.45) is 2.62. The van der Waals surface area contributed by atoms with Crippen LogP contribution in [0.5, 0.6) is 0 Å². The quantitative estimate of drug-likeness (QED) is 0.631. The number of halogens is 1. The molecule has 1 aliphatic heterocycles. The lowest BCUT2D eigenvalue weighted by atomic mass is 9.94. The molecule has 1 amide bonds. The zero-order valence-electron chi connectivity index (χ0n) is 14.5. The Morgan fingerprint density at radius 2 is 2.08 bits per heavy atom. The zero-order valence-corrected chi connectivity index (χ0v) is 15.3. The smallest absolute Gasteiger partial charge is 0.240 e. The Kier molecular flexibility index (Phi) is 7.71. The van der Waals surface area contributed by atoms with Crippen LogP contribution in [0.25, 0.3) is 0 Å². The standard InChI is InChI=1S/C17H25N5O.ClH/c1-4-5-10-22(17(18)19-3)14-8-6-13(7-9-14)16-12(2)11-15(23)20-21-16;/h6-9,12H,4-5,10-11H2,1-3H3,(H2,18,19)(H,20,23);1H. The molecular formula is C17H26ClN5O. The van der Waals surface area contributed by atoms with Crippen molar-refractivity contribution in [3.8, 4) is 0 Å². The van der Waals surface area contributed by atoms with Crippen LogP contribution in [0.15, 0.2) is 34.4 Å². The largest absolute Gasteiger partial charge is 0.370 e. The molecule has 1 atom stereocenters. The van der Waals surface area contributed by atoms with Crippen molar-refractivity contribution in [3.63, 3.8) is 0 Å². The van der Waals surface area contributed by atoms with Crippen LogP contribution < -0.4 is 16.1 Å². The molecule has 0 spiro atoms. The van der Waals surface area contributed by atoms with Gasteiger partial charge in [0.15, 0.2) is 5.96 Å². The Labute approximate surface area is 149 Å². The number of benzene rings is 1. The van der Waals surface area contributed by atoms with Gasteiger partial charge in [0.05, 0.1) is 5.71 Å². The predicted molar refractivity (Wildman–Crippen MR) is 102 cm³/mol. The van der Waals surface area contributed by atoms with Crippen molar-refractivity contribution in [2.45, 2.75) is 33.1 Å². The number of rotatable bonds is 5. The number of hydrazone groups is 1. The van der Waals surface area contributed by atoms with Crippen molar-refractivity contribution in [3.05, 3.63) is 29.8 Å². The second kappa shape index (κ2) is 9.27. The van der Waals surface area contributed by atoms with Crippen molar-refractivity contribution in [1.82, 2.24) is 5.43 Å². The summed E-state index contributed by atoms with van der Waals surface area (Å²) >= 11 is 0. The molecule has 0 radical (unpaired) electrons. The fraction of sp³-hybridized carbons (Fsp3) is 0.471. The summed E-state index contributed by atoms with van der Waals surface area (Å²) in [6.45, 7) is 5.00. The Balaban J connectivity index is 0.00000288. The zero-order chi connectivity index (χ0) is 16.8. The minimum absolute atomic E-state index is 0. The van der Waals surface area contributed by atoms with Crippen LogP contribution in [0.4, 0.5) is 5.69 Å². The van der Waals surface area contributed by atoms with Gasteiger partial charge in [-0.2, -0.15) is 5.10 Å². The van der Waals surface area contributed by atoms with Crippen LogP contribution in [0.1, 0.15) is 38.7 Å². The predicted octanol–water partition coefficient (Wildman–Crippen LogP) is 2.52. The van der Waals surface area contributed by atoms with Crippen molar-refractivity contribution in [2.75, 3.05) is 18.5 Å². The van der Waals surface area contributed by atoms with E-state index >= 15 is 0 Å². The Morgan fingerprint density at radius 3 is 2.62 bits per heavy atom. The van der Waals surface area contributed by atoms with Crippen LogP contribution in [0.3, 0.4) is 0 Å². The van der Waals surface area contributed by atoms with E-state index in [-0.39, 0.29) is 24.2 Å². The number of hydrogen-bond acceptors (Lipinski definition) is 3. The molecule has 1 unspecified atom stereocenters. The molecule has 0 aromatic heterocycles. The molecule has 1 heterocycles. The molecule has 0 saturated heterocycles. The van der Waals surface area contributed by atoms with Gasteiger partial charge in [-0.3, -0.25) is 9.79 Å². The van der Waals surface area contributed by atoms with Crippen LogP contribution in [-0.2, 0) is 4.79 Å². The number of aliphatic imine (C=N–C) groups is 1. The second-order valence-electron chi connectivity index (χ2n) is 5.77. The maximum atomic E-state index is 11.4. The summed E-state index contributed by atoms with van der Waals surface area (Å²) < 4.78 is 0. The topological polar surface area (TPSA) is 83.1 Å². The van der Waals surface area contributed by atoms with Gasteiger partial charge in [0.1, 0.15) is 0 Å². The Bertz CT molecular complexity index is 612. The summed E-state index contributed by atoms with van der Waals surface area (Å²) in [5, 5.41) is 4.19. The average Bonchev–Trinajstić information content (AvgIpc) is 2.55. The van der Waals surface area contributed by atoms with Crippen molar-refractivity contribution >= 4 is 35.7 Å². The number of hydrogen-bond donors (Lipinski definition) is 2. The van der Waals surface area contributed by atoms with Crippen molar-refractivity contribution in [2.24, 2.45) is 21.7 Å². The maximum Gasteiger partial charge on any atom is 0.240 e. The number of carbonyl (C=O) groups is 1. The Morgan fingerprint density at radius 1 is 1.42 bits per heavy atom. The molecule has 1 aliphatic rings. The molecule has 1 aromatic carbocycles. The number of unbranched alkanes of at least 4 members (excludes halogenated alkanes) is 1. The number of amides is 1. The van der Waals surface area contributed by atoms with Gasteiger partial charge in [0, 0.05) is 31.6 Å². The highest BCUT2D eigenvalue weighted by atomic mass is 35.5. The lowest BCUT2D eigenvalue weighted by Crippen LogP contribution is -2.38. The number of nitrogens with two attached hydrogens (primary N) is 1. The molecule has 1 aromatic rings. The molecule has 0 aliphatic carbocycles. The first-order valence-electron chi connectivity index (χ1n) is 8.03. The van der Waals surface area contributed by atoms with Gasteiger partial charge in [0.25, 0.3) is 0 Å².